The summed E-state index contributed by atoms with van der Waals surface area (Å²) in [6.07, 6.45) is 0. The first-order chi connectivity index (χ1) is 7.20. The van der Waals surface area contributed by atoms with Crippen LogP contribution in [0.25, 0.3) is 0 Å². The number of rotatable bonds is 4. The number of carbonyl (C=O) groups excluding carboxylic acids is 2. The Labute approximate surface area is 97.4 Å². The van der Waals surface area contributed by atoms with Crippen LogP contribution < -0.4 is 16.0 Å². The molecule has 0 atom stereocenters. The maximum Gasteiger partial charge on any atom is 0.315 e. The van der Waals surface area contributed by atoms with E-state index in [1.54, 1.807) is 0 Å². The smallest absolute Gasteiger partial charge is 0.315 e. The molecule has 5 heteroatoms. The van der Waals surface area contributed by atoms with Crippen molar-refractivity contribution in [3.05, 3.63) is 0 Å². The third-order valence-corrected chi connectivity index (χ3v) is 1.61. The first-order valence-corrected chi connectivity index (χ1v) is 5.53. The summed E-state index contributed by atoms with van der Waals surface area (Å²) in [6, 6.07) is -0.327. The third kappa shape index (κ3) is 9.30. The van der Waals surface area contributed by atoms with Gasteiger partial charge in [0.2, 0.25) is 5.91 Å². The molecule has 3 N–H and O–H groups in total. The van der Waals surface area contributed by atoms with Gasteiger partial charge in [-0.25, -0.2) is 4.79 Å². The van der Waals surface area contributed by atoms with Gasteiger partial charge in [0.25, 0.3) is 0 Å². The molecule has 0 aliphatic carbocycles. The number of amides is 3. The first kappa shape index (κ1) is 14.7. The van der Waals surface area contributed by atoms with E-state index >= 15 is 0 Å². The van der Waals surface area contributed by atoms with Crippen molar-refractivity contribution in [1.29, 1.82) is 0 Å². The fourth-order valence-electron chi connectivity index (χ4n) is 0.926. The lowest BCUT2D eigenvalue weighted by atomic mass is 10.1. The minimum Gasteiger partial charge on any atom is -0.354 e. The molecule has 0 saturated heterocycles. The fourth-order valence-corrected chi connectivity index (χ4v) is 0.926. The largest absolute Gasteiger partial charge is 0.354 e. The van der Waals surface area contributed by atoms with E-state index in [9.17, 15) is 9.59 Å². The van der Waals surface area contributed by atoms with E-state index in [2.05, 4.69) is 16.0 Å². The minimum absolute atomic E-state index is 0.00856. The normalized spacial score (nSPS) is 11.1. The van der Waals surface area contributed by atoms with Crippen LogP contribution in [0.5, 0.6) is 0 Å². The molecule has 3 amide bonds. The molecule has 0 aromatic carbocycles. The van der Waals surface area contributed by atoms with Gasteiger partial charge in [0.1, 0.15) is 0 Å². The van der Waals surface area contributed by atoms with E-state index < -0.39 is 0 Å². The minimum atomic E-state index is -0.327. The molecule has 0 aliphatic heterocycles. The van der Waals surface area contributed by atoms with Crippen molar-refractivity contribution >= 4 is 11.9 Å². The maximum absolute atomic E-state index is 11.3. The Kier molecular flexibility index (Phi) is 5.85. The summed E-state index contributed by atoms with van der Waals surface area (Å²) in [5.41, 5.74) is -0.293. The monoisotopic (exact) mass is 229 g/mol. The predicted octanol–water partition coefficient (Wildman–Crippen LogP) is 0.856. The number of hydrogen-bond acceptors (Lipinski definition) is 2. The highest BCUT2D eigenvalue weighted by molar-refractivity contribution is 5.84. The summed E-state index contributed by atoms with van der Waals surface area (Å²) in [7, 11) is 0. The standard InChI is InChI=1S/C11H23N3O2/c1-8(2)6-12-9(15)7-13-10(16)14-11(3,4)5/h8H,6-7H2,1-5H3,(H,12,15)(H2,13,14,16). The van der Waals surface area contributed by atoms with Crippen molar-refractivity contribution in [3.8, 4) is 0 Å². The molecule has 0 spiro atoms. The zero-order valence-corrected chi connectivity index (χ0v) is 10.8. The molecule has 94 valence electrons. The van der Waals surface area contributed by atoms with E-state index in [-0.39, 0.29) is 24.0 Å². The van der Waals surface area contributed by atoms with Crippen LogP contribution >= 0.6 is 0 Å². The molecule has 0 aromatic heterocycles. The summed E-state index contributed by atoms with van der Waals surface area (Å²) < 4.78 is 0. The SMILES string of the molecule is CC(C)CNC(=O)CNC(=O)NC(C)(C)C. The first-order valence-electron chi connectivity index (χ1n) is 5.53. The van der Waals surface area contributed by atoms with E-state index in [0.717, 1.165) is 0 Å². The molecule has 0 radical (unpaired) electrons. The fraction of sp³-hybridized carbons (Fsp3) is 0.818. The highest BCUT2D eigenvalue weighted by atomic mass is 16.2. The molecule has 0 aliphatic rings. The molecule has 0 fully saturated rings. The third-order valence-electron chi connectivity index (χ3n) is 1.61. The van der Waals surface area contributed by atoms with Crippen LogP contribution in [0, 0.1) is 5.92 Å². The molecule has 0 aromatic rings. The average molecular weight is 229 g/mol. The Bertz CT molecular complexity index is 244. The van der Waals surface area contributed by atoms with Gasteiger partial charge in [0.15, 0.2) is 0 Å². The molecular formula is C11H23N3O2. The van der Waals surface area contributed by atoms with Crippen LogP contribution in [0.3, 0.4) is 0 Å². The molecule has 0 heterocycles. The molecule has 0 unspecified atom stereocenters. The lowest BCUT2D eigenvalue weighted by Gasteiger charge is -2.20. The summed E-state index contributed by atoms with van der Waals surface area (Å²) in [6.45, 7) is 10.3. The number of nitrogens with one attached hydrogen (secondary N) is 3. The highest BCUT2D eigenvalue weighted by Gasteiger charge is 2.13. The topological polar surface area (TPSA) is 70.2 Å². The Hall–Kier alpha value is -1.26. The van der Waals surface area contributed by atoms with E-state index in [0.29, 0.717) is 12.5 Å². The van der Waals surface area contributed by atoms with Gasteiger partial charge in [-0.05, 0) is 26.7 Å². The van der Waals surface area contributed by atoms with Gasteiger partial charge in [-0.1, -0.05) is 13.8 Å². The summed E-state index contributed by atoms with van der Waals surface area (Å²) in [5.74, 6) is 0.241. The predicted molar refractivity (Wildman–Crippen MR) is 64.1 cm³/mol. The van der Waals surface area contributed by atoms with Crippen molar-refractivity contribution in [2.75, 3.05) is 13.1 Å². The number of urea groups is 1. The molecule has 0 saturated carbocycles. The van der Waals surface area contributed by atoms with Crippen LogP contribution in [0.4, 0.5) is 4.79 Å². The van der Waals surface area contributed by atoms with Crippen LogP contribution in [-0.2, 0) is 4.79 Å². The van der Waals surface area contributed by atoms with Crippen LogP contribution in [-0.4, -0.2) is 30.6 Å². The van der Waals surface area contributed by atoms with Crippen LogP contribution in [0.2, 0.25) is 0 Å². The Balaban J connectivity index is 3.72. The average Bonchev–Trinajstić information content (AvgIpc) is 2.08. The summed E-state index contributed by atoms with van der Waals surface area (Å²) >= 11 is 0. The van der Waals surface area contributed by atoms with Crippen molar-refractivity contribution < 1.29 is 9.59 Å². The second kappa shape index (κ2) is 6.35. The zero-order valence-electron chi connectivity index (χ0n) is 10.8. The van der Waals surface area contributed by atoms with E-state index in [4.69, 9.17) is 0 Å². The Morgan fingerprint density at radius 2 is 1.69 bits per heavy atom. The van der Waals surface area contributed by atoms with Crippen molar-refractivity contribution in [2.24, 2.45) is 5.92 Å². The number of hydrogen-bond donors (Lipinski definition) is 3. The Morgan fingerprint density at radius 3 is 2.12 bits per heavy atom. The molecule has 5 nitrogen and oxygen atoms in total. The number of carbonyl (C=O) groups is 2. The molecule has 0 rings (SSSR count). The van der Waals surface area contributed by atoms with Gasteiger partial charge in [0.05, 0.1) is 6.54 Å². The summed E-state index contributed by atoms with van der Waals surface area (Å²) in [5, 5.41) is 7.93. The van der Waals surface area contributed by atoms with Crippen molar-refractivity contribution in [2.45, 2.75) is 40.2 Å². The van der Waals surface area contributed by atoms with Crippen LogP contribution in [0.1, 0.15) is 34.6 Å². The maximum atomic E-state index is 11.3. The van der Waals surface area contributed by atoms with E-state index in [1.807, 2.05) is 34.6 Å². The molecular weight excluding hydrogens is 206 g/mol. The van der Waals surface area contributed by atoms with Crippen molar-refractivity contribution in [1.82, 2.24) is 16.0 Å². The summed E-state index contributed by atoms with van der Waals surface area (Å²) in [4.78, 5) is 22.6. The van der Waals surface area contributed by atoms with Crippen molar-refractivity contribution in [3.63, 3.8) is 0 Å². The second-order valence-corrected chi connectivity index (χ2v) is 5.26. The zero-order chi connectivity index (χ0) is 12.8. The molecule has 0 bridgehead atoms. The highest BCUT2D eigenvalue weighted by Crippen LogP contribution is 1.96. The Morgan fingerprint density at radius 1 is 1.12 bits per heavy atom. The van der Waals surface area contributed by atoms with E-state index in [1.165, 1.54) is 0 Å². The van der Waals surface area contributed by atoms with Gasteiger partial charge in [-0.2, -0.15) is 0 Å². The molecule has 16 heavy (non-hydrogen) atoms. The lowest BCUT2D eigenvalue weighted by molar-refractivity contribution is -0.120. The second-order valence-electron chi connectivity index (χ2n) is 5.26. The van der Waals surface area contributed by atoms with Gasteiger partial charge in [0, 0.05) is 12.1 Å². The van der Waals surface area contributed by atoms with Gasteiger partial charge >= 0.3 is 6.03 Å². The van der Waals surface area contributed by atoms with Gasteiger partial charge in [-0.15, -0.1) is 0 Å². The quantitative estimate of drug-likeness (QED) is 0.669. The van der Waals surface area contributed by atoms with Gasteiger partial charge < -0.3 is 16.0 Å². The van der Waals surface area contributed by atoms with Crippen LogP contribution in [0.15, 0.2) is 0 Å². The lowest BCUT2D eigenvalue weighted by Crippen LogP contribution is -2.49. The van der Waals surface area contributed by atoms with Gasteiger partial charge in [-0.3, -0.25) is 4.79 Å².